The SMILES string of the molecule is CC(=O)O[C@H]1CN2C(=O)[C@H](Cc3ccc(O)cc3)NC(=O)c3csc(n3)[C@H]([C@H](OC(=O)NCCCN3CCN(C)CC3)c3ccccc3)CC(=O)c3nc(sc3C)[C@H](CC(N)=O)NC(=O)c3csc(n3)-c3ccc(-c4nc(C(N)=O)cs4)nc3-c3csc(n3)-c3csc(n3)[C@@H]2[C@H]1C. The van der Waals surface area contributed by atoms with E-state index in [0.29, 0.717) is 70.8 Å². The average Bonchev–Trinajstić information content (AvgIpc) is 1.67. The fourth-order valence-corrected chi connectivity index (χ4v) is 17.2. The normalized spacial score (nSPS) is 19.9. The highest BCUT2D eigenvalue weighted by Gasteiger charge is 2.48. The van der Waals surface area contributed by atoms with Crippen molar-refractivity contribution in [2.24, 2.45) is 17.4 Å². The van der Waals surface area contributed by atoms with Gasteiger partial charge in [-0.05, 0) is 62.3 Å². The number of nitrogens with zero attached hydrogens (tertiary/aromatic N) is 10. The number of hydrogen-bond donors (Lipinski definition) is 6. The van der Waals surface area contributed by atoms with Crippen molar-refractivity contribution in [1.82, 2.24) is 65.5 Å². The number of aromatic nitrogens is 7. The van der Waals surface area contributed by atoms with Gasteiger partial charge in [0.1, 0.15) is 93.9 Å². The topological polar surface area (TPSA) is 363 Å². The summed E-state index contributed by atoms with van der Waals surface area (Å²) in [6.07, 6.45) is -2.97. The fourth-order valence-electron chi connectivity index (χ4n) is 11.8. The molecule has 3 aliphatic heterocycles. The number of aromatic hydroxyl groups is 1. The lowest BCUT2D eigenvalue weighted by molar-refractivity contribution is -0.148. The summed E-state index contributed by atoms with van der Waals surface area (Å²) in [6.45, 7) is 9.47. The summed E-state index contributed by atoms with van der Waals surface area (Å²) in [6, 6.07) is 15.2. The van der Waals surface area contributed by atoms with Crippen molar-refractivity contribution in [1.29, 1.82) is 0 Å². The molecule has 10 heterocycles. The predicted molar refractivity (Wildman–Crippen MR) is 366 cm³/mol. The number of carbonyl (C=O) groups excluding carboxylic acids is 8. The van der Waals surface area contributed by atoms with Crippen LogP contribution in [0.2, 0.25) is 0 Å². The van der Waals surface area contributed by atoms with Crippen molar-refractivity contribution < 1.29 is 52.9 Å². The van der Waals surface area contributed by atoms with Crippen LogP contribution in [0, 0.1) is 12.8 Å². The molecular formula is C65H65N15O11S6. The van der Waals surface area contributed by atoms with Crippen LogP contribution in [0.5, 0.6) is 5.75 Å². The Kier molecular flexibility index (Phi) is 20.8. The maximum Gasteiger partial charge on any atom is 0.407 e. The molecule has 0 aliphatic carbocycles. The number of alkyl carbamates (subject to hydrolysis) is 1. The van der Waals surface area contributed by atoms with Crippen LogP contribution < -0.4 is 27.4 Å². The molecule has 2 fully saturated rings. The number of esters is 1. The van der Waals surface area contributed by atoms with E-state index in [1.165, 1.54) is 52.5 Å². The molecular weight excluding hydrogens is 1360 g/mol. The molecule has 0 unspecified atom stereocenters. The summed E-state index contributed by atoms with van der Waals surface area (Å²) in [5.41, 5.74) is 14.4. The second kappa shape index (κ2) is 29.7. The average molecular weight is 1420 g/mol. The maximum absolute atomic E-state index is 15.6. The number of thiazole rings is 6. The third-order valence-corrected chi connectivity index (χ3v) is 22.3. The zero-order valence-corrected chi connectivity index (χ0v) is 57.6. The van der Waals surface area contributed by atoms with E-state index in [4.69, 9.17) is 50.8 Å². The first-order valence-corrected chi connectivity index (χ1v) is 36.1. The molecule has 0 spiro atoms. The number of pyridine rings is 1. The Morgan fingerprint density at radius 1 is 0.711 bits per heavy atom. The summed E-state index contributed by atoms with van der Waals surface area (Å²) in [5, 5.41) is 29.3. The standard InChI is InChI=1S/C65H65N15O11S6/c1-32-49(90-34(3)81)26-80-53(32)63-76-47(31-96-63)61-72-43(27-94-61)52-38(15-16-40(69-52)60-73-44(28-95-60)55(67)85)58-74-45(29-92-58)56(86)70-41(25-50(66)84)62-77-51(33(2)97-62)48(83)24-39(59-75-46(30-93-59)57(87)71-42(64(80)88)23-35-11-13-37(82)14-12-35)54(36-9-6-5-7-10-36)91-65(89)68-17-8-18-79-21-19-78(4)20-22-79/h5-7,9-16,27-32,39,41-42,49,53-54,82H,8,17-26H2,1-4H3,(H2,66,84)(H2,67,85)(H,68,89)(H,70,86)(H,71,87)/t32-,39-,41-,42-,49-,53-,54+/m0/s1. The largest absolute Gasteiger partial charge is 0.508 e. The Balaban J connectivity index is 0.954. The van der Waals surface area contributed by atoms with Gasteiger partial charge in [0.2, 0.25) is 11.8 Å². The number of primary amides is 2. The maximum atomic E-state index is 15.6. The first-order chi connectivity index (χ1) is 46.7. The smallest absolute Gasteiger partial charge is 0.407 e. The number of hydrogen-bond acceptors (Lipinski definition) is 26. The van der Waals surface area contributed by atoms with Crippen LogP contribution in [0.1, 0.15) is 130 Å². The lowest BCUT2D eigenvalue weighted by Crippen LogP contribution is -2.50. The summed E-state index contributed by atoms with van der Waals surface area (Å²) in [4.78, 5) is 153. The Morgan fingerprint density at radius 2 is 1.37 bits per heavy atom. The molecule has 7 atom stereocenters. The number of phenols is 1. The van der Waals surface area contributed by atoms with Crippen molar-refractivity contribution in [2.75, 3.05) is 52.9 Å². The number of carbonyl (C=O) groups is 8. The van der Waals surface area contributed by atoms with E-state index in [0.717, 1.165) is 78.1 Å². The van der Waals surface area contributed by atoms with Gasteiger partial charge in [0.15, 0.2) is 5.78 Å². The fraction of sp³-hybridized carbons (Fsp3) is 0.338. The molecule has 3 aliphatic rings. The number of nitrogens with one attached hydrogen (secondary N) is 3. The molecule has 97 heavy (non-hydrogen) atoms. The van der Waals surface area contributed by atoms with Gasteiger partial charge < -0.3 is 56.7 Å². The molecule has 502 valence electrons. The van der Waals surface area contributed by atoms with Crippen LogP contribution >= 0.6 is 68.0 Å². The highest BCUT2D eigenvalue weighted by molar-refractivity contribution is 7.15. The highest BCUT2D eigenvalue weighted by Crippen LogP contribution is 2.45. The lowest BCUT2D eigenvalue weighted by atomic mass is 9.90. The van der Waals surface area contributed by atoms with Gasteiger partial charge in [0, 0.05) is 95.7 Å². The molecule has 12 rings (SSSR count). The molecule has 32 heteroatoms. The number of phenolic OH excluding ortho intramolecular Hbond substituents is 1. The van der Waals surface area contributed by atoms with E-state index >= 15 is 14.4 Å². The number of fused-ring (bicyclic) bond motifs is 16. The number of likely N-dealkylation sites (N-methyl/N-ethyl adjacent to an activating group) is 1. The van der Waals surface area contributed by atoms with Gasteiger partial charge in [-0.1, -0.05) is 49.4 Å². The monoisotopic (exact) mass is 1420 g/mol. The second-order valence-corrected chi connectivity index (χ2v) is 29.2. The molecule has 2 saturated heterocycles. The molecule has 8 N–H and O–H groups in total. The van der Waals surface area contributed by atoms with Gasteiger partial charge in [-0.15, -0.1) is 68.0 Å². The lowest BCUT2D eigenvalue weighted by Gasteiger charge is -2.32. The van der Waals surface area contributed by atoms with E-state index in [2.05, 4.69) is 37.8 Å². The number of piperazine rings is 1. The molecule has 2 aromatic carbocycles. The number of rotatable bonds is 14. The van der Waals surface area contributed by atoms with Crippen LogP contribution in [-0.2, 0) is 30.3 Å². The first kappa shape index (κ1) is 67.8. The Morgan fingerprint density at radius 3 is 2.10 bits per heavy atom. The minimum Gasteiger partial charge on any atom is -0.508 e. The van der Waals surface area contributed by atoms with Crippen LogP contribution in [-0.4, -0.2) is 167 Å². The van der Waals surface area contributed by atoms with Crippen LogP contribution in [0.15, 0.2) is 93.6 Å². The van der Waals surface area contributed by atoms with E-state index in [1.807, 2.05) is 6.92 Å². The molecule has 9 aromatic rings. The van der Waals surface area contributed by atoms with Crippen molar-refractivity contribution in [2.45, 2.75) is 82.7 Å². The summed E-state index contributed by atoms with van der Waals surface area (Å²) < 4.78 is 12.2. The summed E-state index contributed by atoms with van der Waals surface area (Å²) in [5.74, 6) is -6.19. The Bertz CT molecular complexity index is 4430. The van der Waals surface area contributed by atoms with Crippen LogP contribution in [0.25, 0.3) is 43.4 Å². The molecule has 0 saturated carbocycles. The molecule has 7 aromatic heterocycles. The molecule has 26 nitrogen and oxygen atoms in total. The third-order valence-electron chi connectivity index (χ3n) is 16.8. The Labute approximate surface area is 579 Å². The minimum absolute atomic E-state index is 0.00414. The van der Waals surface area contributed by atoms with Crippen molar-refractivity contribution >= 4 is 115 Å². The molecule has 6 amide bonds. The van der Waals surface area contributed by atoms with Gasteiger partial charge in [0.05, 0.1) is 36.7 Å². The third kappa shape index (κ3) is 15.7. The number of benzene rings is 2. The van der Waals surface area contributed by atoms with Gasteiger partial charge >= 0.3 is 12.1 Å². The second-order valence-electron chi connectivity index (χ2n) is 23.6. The van der Waals surface area contributed by atoms with E-state index in [1.54, 1.807) is 82.6 Å². The zero-order chi connectivity index (χ0) is 68.2. The number of nitrogens with two attached hydrogens (primary N) is 2. The summed E-state index contributed by atoms with van der Waals surface area (Å²) in [7, 11) is 2.08. The quantitative estimate of drug-likeness (QED) is 0.0441. The van der Waals surface area contributed by atoms with E-state index in [-0.39, 0.29) is 64.5 Å². The van der Waals surface area contributed by atoms with E-state index in [9.17, 15) is 29.1 Å². The van der Waals surface area contributed by atoms with Crippen molar-refractivity contribution in [3.63, 3.8) is 0 Å². The number of Topliss-reactive ketones (excluding diaryl/α,β-unsaturated/α-hetero) is 1. The van der Waals surface area contributed by atoms with Crippen molar-refractivity contribution in [3.8, 4) is 49.1 Å². The summed E-state index contributed by atoms with van der Waals surface area (Å²) >= 11 is 6.95. The number of amides is 6. The number of ether oxygens (including phenoxy) is 2. The highest BCUT2D eigenvalue weighted by atomic mass is 32.1. The van der Waals surface area contributed by atoms with Crippen LogP contribution in [0.4, 0.5) is 4.79 Å². The zero-order valence-electron chi connectivity index (χ0n) is 52.7. The van der Waals surface area contributed by atoms with Gasteiger partial charge in [-0.25, -0.2) is 39.7 Å². The van der Waals surface area contributed by atoms with Gasteiger partial charge in [0.25, 0.3) is 17.7 Å². The molecule has 0 radical (unpaired) electrons. The van der Waals surface area contributed by atoms with E-state index < -0.39 is 96.0 Å². The van der Waals surface area contributed by atoms with Gasteiger partial charge in [-0.2, -0.15) is 0 Å². The number of ketones is 1. The predicted octanol–water partition coefficient (Wildman–Crippen LogP) is 8.22. The minimum atomic E-state index is -1.30. The van der Waals surface area contributed by atoms with Gasteiger partial charge in [-0.3, -0.25) is 33.6 Å². The first-order valence-electron chi connectivity index (χ1n) is 30.9. The Hall–Kier alpha value is -9.15. The number of aryl methyl sites for hydroxylation is 1. The van der Waals surface area contributed by atoms with Crippen molar-refractivity contribution in [3.05, 3.63) is 147 Å². The van der Waals surface area contributed by atoms with Crippen LogP contribution in [0.3, 0.4) is 0 Å². The molecule has 10 bridgehead atoms.